The van der Waals surface area contributed by atoms with Crippen molar-refractivity contribution in [3.05, 3.63) is 35.9 Å². The fourth-order valence-corrected chi connectivity index (χ4v) is 4.10. The van der Waals surface area contributed by atoms with Crippen LogP contribution in [0.4, 0.5) is 0 Å². The molecule has 2 nitrogen and oxygen atoms in total. The minimum absolute atomic E-state index is 0.0288. The van der Waals surface area contributed by atoms with Crippen molar-refractivity contribution in [2.75, 3.05) is 0 Å². The molecule has 0 spiro atoms. The van der Waals surface area contributed by atoms with E-state index < -0.39 is 10.8 Å². The third-order valence-corrected chi connectivity index (χ3v) is 5.48. The van der Waals surface area contributed by atoms with E-state index in [9.17, 15) is 4.21 Å². The minimum Gasteiger partial charge on any atom is -0.304 e. The van der Waals surface area contributed by atoms with Crippen LogP contribution >= 0.6 is 0 Å². The first-order valence-corrected chi connectivity index (χ1v) is 8.50. The number of hydrogen-bond donors (Lipinski definition) is 1. The Morgan fingerprint density at radius 3 is 1.90 bits per heavy atom. The van der Waals surface area contributed by atoms with Crippen molar-refractivity contribution in [1.29, 1.82) is 0 Å². The number of hydrogen-bond acceptors (Lipinski definition) is 2. The van der Waals surface area contributed by atoms with E-state index in [1.165, 1.54) is 5.56 Å². The number of rotatable bonds is 5. The third kappa shape index (κ3) is 4.42. The molecule has 0 radical (unpaired) electrons. The Morgan fingerprint density at radius 1 is 1.00 bits per heavy atom. The Hall–Kier alpha value is -0.670. The van der Waals surface area contributed by atoms with E-state index in [1.807, 2.05) is 32.0 Å². The zero-order valence-electron chi connectivity index (χ0n) is 13.9. The monoisotopic (exact) mass is 295 g/mol. The summed E-state index contributed by atoms with van der Waals surface area (Å²) in [7, 11) is -0.910. The first kappa shape index (κ1) is 17.4. The van der Waals surface area contributed by atoms with Crippen LogP contribution in [0, 0.1) is 0 Å². The molecular weight excluding hydrogens is 266 g/mol. The number of nitrogens with one attached hydrogen (secondary N) is 1. The fourth-order valence-electron chi connectivity index (χ4n) is 2.46. The average molecular weight is 295 g/mol. The molecule has 0 aliphatic heterocycles. The van der Waals surface area contributed by atoms with Crippen LogP contribution in [0.2, 0.25) is 0 Å². The smallest absolute Gasteiger partial charge is 0.0599 e. The highest BCUT2D eigenvalue weighted by Gasteiger charge is 2.39. The maximum Gasteiger partial charge on any atom is 0.0599 e. The molecule has 0 heterocycles. The second kappa shape index (κ2) is 6.40. The van der Waals surface area contributed by atoms with Crippen molar-refractivity contribution in [3.8, 4) is 0 Å². The van der Waals surface area contributed by atoms with Gasteiger partial charge in [0.15, 0.2) is 0 Å². The second-order valence-corrected chi connectivity index (χ2v) is 9.78. The Bertz CT molecular complexity index is 446. The summed E-state index contributed by atoms with van der Waals surface area (Å²) in [5.74, 6) is 0. The largest absolute Gasteiger partial charge is 0.304 e. The van der Waals surface area contributed by atoms with Gasteiger partial charge in [0.25, 0.3) is 0 Å². The van der Waals surface area contributed by atoms with Crippen molar-refractivity contribution in [1.82, 2.24) is 5.32 Å². The molecule has 0 aromatic heterocycles. The summed E-state index contributed by atoms with van der Waals surface area (Å²) in [6.07, 6.45) is 0. The van der Waals surface area contributed by atoms with Gasteiger partial charge in [0, 0.05) is 27.6 Å². The lowest BCUT2D eigenvalue weighted by molar-refractivity contribution is 0.322. The molecule has 1 rings (SSSR count). The van der Waals surface area contributed by atoms with Crippen molar-refractivity contribution in [3.63, 3.8) is 0 Å². The Kier molecular flexibility index (Phi) is 5.56. The zero-order chi connectivity index (χ0) is 15.6. The fraction of sp³-hybridized carbons (Fsp3) is 0.647. The van der Waals surface area contributed by atoms with Crippen molar-refractivity contribution >= 4 is 10.8 Å². The van der Waals surface area contributed by atoms with Gasteiger partial charge in [-0.25, -0.2) is 0 Å². The highest BCUT2D eigenvalue weighted by molar-refractivity contribution is 7.87. The van der Waals surface area contributed by atoms with Crippen LogP contribution < -0.4 is 5.32 Å². The van der Waals surface area contributed by atoms with E-state index in [0.29, 0.717) is 0 Å². The number of benzene rings is 1. The molecule has 0 fully saturated rings. The van der Waals surface area contributed by atoms with Gasteiger partial charge < -0.3 is 5.32 Å². The molecule has 1 aromatic carbocycles. The zero-order valence-corrected chi connectivity index (χ0v) is 14.7. The summed E-state index contributed by atoms with van der Waals surface area (Å²) in [5, 5.41) is 3.81. The van der Waals surface area contributed by atoms with E-state index in [1.54, 1.807) is 0 Å². The van der Waals surface area contributed by atoms with E-state index in [4.69, 9.17) is 0 Å². The highest BCUT2D eigenvalue weighted by Crippen LogP contribution is 2.34. The van der Waals surface area contributed by atoms with Gasteiger partial charge in [-0.1, -0.05) is 44.2 Å². The predicted molar refractivity (Wildman–Crippen MR) is 89.4 cm³/mol. The predicted octanol–water partition coefficient (Wildman–Crippen LogP) is 4.05. The average Bonchev–Trinajstić information content (AvgIpc) is 2.34. The first-order valence-electron chi connectivity index (χ1n) is 7.29. The Labute approximate surface area is 126 Å². The lowest BCUT2D eigenvalue weighted by Crippen LogP contribution is -2.50. The van der Waals surface area contributed by atoms with Crippen LogP contribution in [-0.4, -0.2) is 19.7 Å². The van der Waals surface area contributed by atoms with Gasteiger partial charge in [0.05, 0.1) is 4.75 Å². The highest BCUT2D eigenvalue weighted by atomic mass is 32.2. The maximum absolute atomic E-state index is 12.7. The van der Waals surface area contributed by atoms with Gasteiger partial charge in [-0.15, -0.1) is 0 Å². The molecule has 2 unspecified atom stereocenters. The van der Waals surface area contributed by atoms with Crippen LogP contribution in [0.5, 0.6) is 0 Å². The van der Waals surface area contributed by atoms with Crippen molar-refractivity contribution in [2.45, 2.75) is 70.0 Å². The quantitative estimate of drug-likeness (QED) is 0.888. The molecule has 0 saturated heterocycles. The maximum atomic E-state index is 12.7. The second-order valence-electron chi connectivity index (χ2n) is 7.19. The molecule has 0 bridgehead atoms. The van der Waals surface area contributed by atoms with E-state index in [2.05, 4.69) is 52.1 Å². The van der Waals surface area contributed by atoms with E-state index in [-0.39, 0.29) is 21.6 Å². The minimum atomic E-state index is -0.910. The Morgan fingerprint density at radius 2 is 1.50 bits per heavy atom. The molecule has 0 aliphatic rings. The van der Waals surface area contributed by atoms with E-state index >= 15 is 0 Å². The molecule has 0 saturated carbocycles. The summed E-state index contributed by atoms with van der Waals surface area (Å²) in [4.78, 5) is 0. The van der Waals surface area contributed by atoms with Crippen LogP contribution in [0.3, 0.4) is 0 Å². The van der Waals surface area contributed by atoms with Gasteiger partial charge in [-0.3, -0.25) is 4.21 Å². The first-order chi connectivity index (χ1) is 9.05. The lowest BCUT2D eigenvalue weighted by Gasteiger charge is -2.40. The molecule has 1 aromatic rings. The van der Waals surface area contributed by atoms with Crippen LogP contribution in [-0.2, 0) is 10.8 Å². The molecule has 0 aliphatic carbocycles. The summed E-state index contributed by atoms with van der Waals surface area (Å²) in [6.45, 7) is 14.7. The van der Waals surface area contributed by atoms with Gasteiger partial charge in [-0.2, -0.15) is 0 Å². The SMILES string of the molecule is CC(C)S(=O)C(C)(C)C(NC(C)(C)C)c1ccccc1. The van der Waals surface area contributed by atoms with Crippen molar-refractivity contribution < 1.29 is 4.21 Å². The van der Waals surface area contributed by atoms with Gasteiger partial charge in [0.1, 0.15) is 0 Å². The van der Waals surface area contributed by atoms with Crippen molar-refractivity contribution in [2.24, 2.45) is 0 Å². The van der Waals surface area contributed by atoms with Crippen LogP contribution in [0.1, 0.15) is 60.1 Å². The normalized spacial score (nSPS) is 16.2. The van der Waals surface area contributed by atoms with Crippen LogP contribution in [0.25, 0.3) is 0 Å². The molecule has 1 N–H and O–H groups in total. The third-order valence-electron chi connectivity index (χ3n) is 3.35. The molecule has 3 heteroatoms. The molecule has 20 heavy (non-hydrogen) atoms. The molecule has 114 valence electrons. The van der Waals surface area contributed by atoms with Crippen LogP contribution in [0.15, 0.2) is 30.3 Å². The topological polar surface area (TPSA) is 29.1 Å². The molecular formula is C17H29NOS. The molecule has 2 atom stereocenters. The summed E-state index contributed by atoms with van der Waals surface area (Å²) < 4.78 is 12.4. The van der Waals surface area contributed by atoms with Gasteiger partial charge in [0.2, 0.25) is 0 Å². The van der Waals surface area contributed by atoms with E-state index in [0.717, 1.165) is 0 Å². The van der Waals surface area contributed by atoms with Gasteiger partial charge >= 0.3 is 0 Å². The summed E-state index contributed by atoms with van der Waals surface area (Å²) >= 11 is 0. The summed E-state index contributed by atoms with van der Waals surface area (Å²) in [5.41, 5.74) is 1.17. The Balaban J connectivity index is 3.21. The van der Waals surface area contributed by atoms with Gasteiger partial charge in [-0.05, 0) is 40.2 Å². The lowest BCUT2D eigenvalue weighted by atomic mass is 9.92. The molecule has 0 amide bonds. The standard InChI is InChI=1S/C17H29NOS/c1-13(2)20(19)17(6,7)15(18-16(3,4)5)14-11-9-8-10-12-14/h8-13,15,18H,1-7H3. The summed E-state index contributed by atoms with van der Waals surface area (Å²) in [6, 6.07) is 10.4.